The summed E-state index contributed by atoms with van der Waals surface area (Å²) in [5.74, 6) is 1.39. The van der Waals surface area contributed by atoms with Crippen LogP contribution in [0.15, 0.2) is 101 Å². The zero-order valence-electron chi connectivity index (χ0n) is 20.7. The zero-order valence-corrected chi connectivity index (χ0v) is 23.0. The minimum Gasteiger partial charge on any atom is -0.490 e. The SMILES string of the molecule is CCOc1cc(C(=O)N/N=C/c2ccc(OCc3cccc(Cl)c3)c(Br)c2)ccc1OCc1ccccc1. The number of nitrogens with zero attached hydrogens (tertiary/aromatic N) is 1. The van der Waals surface area contributed by atoms with E-state index in [0.29, 0.717) is 47.7 Å². The third-order valence-corrected chi connectivity index (χ3v) is 6.22. The second-order valence-corrected chi connectivity index (χ2v) is 9.47. The van der Waals surface area contributed by atoms with Gasteiger partial charge in [0.2, 0.25) is 0 Å². The molecule has 0 aliphatic heterocycles. The number of benzene rings is 4. The standard InChI is InChI=1S/C30H26BrClN2O4/c1-2-36-29-17-24(12-14-28(29)38-19-21-7-4-3-5-8-21)30(35)34-33-18-22-11-13-27(26(31)16-22)37-20-23-9-6-10-25(32)15-23/h3-18H,2,19-20H2,1H3,(H,34,35)/b33-18+. The second-order valence-electron chi connectivity index (χ2n) is 8.18. The van der Waals surface area contributed by atoms with Crippen LogP contribution in [0.2, 0.25) is 5.02 Å². The van der Waals surface area contributed by atoms with Crippen molar-refractivity contribution in [1.29, 1.82) is 0 Å². The third kappa shape index (κ3) is 7.84. The van der Waals surface area contributed by atoms with Crippen LogP contribution < -0.4 is 19.6 Å². The fourth-order valence-electron chi connectivity index (χ4n) is 3.50. The van der Waals surface area contributed by atoms with Crippen molar-refractivity contribution in [2.45, 2.75) is 20.1 Å². The minimum atomic E-state index is -0.364. The van der Waals surface area contributed by atoms with Crippen LogP contribution in [0.25, 0.3) is 0 Å². The molecule has 0 spiro atoms. The molecule has 0 aliphatic rings. The summed E-state index contributed by atoms with van der Waals surface area (Å²) in [6.45, 7) is 3.11. The summed E-state index contributed by atoms with van der Waals surface area (Å²) in [6.07, 6.45) is 1.56. The van der Waals surface area contributed by atoms with E-state index in [0.717, 1.165) is 21.2 Å². The van der Waals surface area contributed by atoms with Crippen molar-refractivity contribution in [2.75, 3.05) is 6.61 Å². The molecule has 4 rings (SSSR count). The first-order valence-corrected chi connectivity index (χ1v) is 13.1. The van der Waals surface area contributed by atoms with Gasteiger partial charge in [0.25, 0.3) is 5.91 Å². The van der Waals surface area contributed by atoms with E-state index in [-0.39, 0.29) is 5.91 Å². The summed E-state index contributed by atoms with van der Waals surface area (Å²) >= 11 is 9.55. The Labute approximate surface area is 235 Å². The number of nitrogens with one attached hydrogen (secondary N) is 1. The molecule has 0 saturated carbocycles. The molecule has 0 bridgehead atoms. The van der Waals surface area contributed by atoms with Crippen LogP contribution in [0, 0.1) is 0 Å². The zero-order chi connectivity index (χ0) is 26.7. The molecule has 1 amide bonds. The van der Waals surface area contributed by atoms with Crippen LogP contribution in [0.5, 0.6) is 17.2 Å². The van der Waals surface area contributed by atoms with Gasteiger partial charge in [-0.05, 0) is 88.1 Å². The van der Waals surface area contributed by atoms with Gasteiger partial charge in [0.15, 0.2) is 11.5 Å². The summed E-state index contributed by atoms with van der Waals surface area (Å²) in [6, 6.07) is 28.0. The number of carbonyl (C=O) groups is 1. The maximum Gasteiger partial charge on any atom is 0.271 e. The Balaban J connectivity index is 1.34. The van der Waals surface area contributed by atoms with Crippen molar-refractivity contribution in [3.8, 4) is 17.2 Å². The number of hydrogen-bond acceptors (Lipinski definition) is 5. The lowest BCUT2D eigenvalue weighted by Crippen LogP contribution is -2.17. The fourth-order valence-corrected chi connectivity index (χ4v) is 4.23. The van der Waals surface area contributed by atoms with E-state index >= 15 is 0 Å². The molecule has 0 unspecified atom stereocenters. The molecule has 0 aromatic heterocycles. The van der Waals surface area contributed by atoms with Gasteiger partial charge in [0, 0.05) is 10.6 Å². The smallest absolute Gasteiger partial charge is 0.271 e. The van der Waals surface area contributed by atoms with E-state index in [9.17, 15) is 4.79 Å². The Morgan fingerprint density at radius 2 is 1.58 bits per heavy atom. The topological polar surface area (TPSA) is 69.2 Å². The van der Waals surface area contributed by atoms with E-state index in [1.54, 1.807) is 24.4 Å². The molecule has 0 heterocycles. The van der Waals surface area contributed by atoms with Gasteiger partial charge in [-0.15, -0.1) is 0 Å². The second kappa shape index (κ2) is 13.7. The van der Waals surface area contributed by atoms with Crippen LogP contribution in [0.3, 0.4) is 0 Å². The van der Waals surface area contributed by atoms with Gasteiger partial charge < -0.3 is 14.2 Å². The molecule has 0 aliphatic carbocycles. The van der Waals surface area contributed by atoms with Gasteiger partial charge in [0.1, 0.15) is 19.0 Å². The number of rotatable bonds is 11. The van der Waals surface area contributed by atoms with Crippen molar-refractivity contribution < 1.29 is 19.0 Å². The molecule has 0 fully saturated rings. The molecule has 6 nitrogen and oxygen atoms in total. The van der Waals surface area contributed by atoms with Gasteiger partial charge >= 0.3 is 0 Å². The van der Waals surface area contributed by atoms with Crippen molar-refractivity contribution in [3.63, 3.8) is 0 Å². The number of halogens is 2. The fraction of sp³-hybridized carbons (Fsp3) is 0.133. The molecular formula is C30H26BrClN2O4. The normalized spacial score (nSPS) is 10.8. The maximum atomic E-state index is 12.7. The van der Waals surface area contributed by atoms with E-state index in [2.05, 4.69) is 26.5 Å². The molecule has 1 N–H and O–H groups in total. The first-order chi connectivity index (χ1) is 18.5. The number of hydrogen-bond donors (Lipinski definition) is 1. The first-order valence-electron chi connectivity index (χ1n) is 12.0. The van der Waals surface area contributed by atoms with Gasteiger partial charge in [-0.2, -0.15) is 5.10 Å². The average molecular weight is 594 g/mol. The van der Waals surface area contributed by atoms with Crippen LogP contribution in [-0.4, -0.2) is 18.7 Å². The van der Waals surface area contributed by atoms with Gasteiger partial charge in [-0.25, -0.2) is 5.43 Å². The summed E-state index contributed by atoms with van der Waals surface area (Å²) < 4.78 is 18.3. The Bertz CT molecular complexity index is 1410. The third-order valence-electron chi connectivity index (χ3n) is 5.36. The number of carbonyl (C=O) groups excluding carboxylic acids is 1. The highest BCUT2D eigenvalue weighted by molar-refractivity contribution is 9.10. The number of ether oxygens (including phenoxy) is 3. The molecule has 8 heteroatoms. The predicted octanol–water partition coefficient (Wildman–Crippen LogP) is 7.42. The summed E-state index contributed by atoms with van der Waals surface area (Å²) in [5, 5.41) is 4.76. The van der Waals surface area contributed by atoms with E-state index in [1.165, 1.54) is 0 Å². The highest BCUT2D eigenvalue weighted by Gasteiger charge is 2.12. The van der Waals surface area contributed by atoms with Crippen molar-refractivity contribution in [1.82, 2.24) is 5.43 Å². The van der Waals surface area contributed by atoms with E-state index in [4.69, 9.17) is 25.8 Å². The van der Waals surface area contributed by atoms with Gasteiger partial charge in [-0.1, -0.05) is 54.1 Å². The van der Waals surface area contributed by atoms with Crippen LogP contribution in [0.4, 0.5) is 0 Å². The van der Waals surface area contributed by atoms with Crippen LogP contribution >= 0.6 is 27.5 Å². The lowest BCUT2D eigenvalue weighted by atomic mass is 10.2. The average Bonchev–Trinajstić information content (AvgIpc) is 2.92. The molecular weight excluding hydrogens is 568 g/mol. The Hall–Kier alpha value is -3.81. The van der Waals surface area contributed by atoms with Crippen molar-refractivity contribution >= 4 is 39.7 Å². The summed E-state index contributed by atoms with van der Waals surface area (Å²) in [7, 11) is 0. The largest absolute Gasteiger partial charge is 0.490 e. The van der Waals surface area contributed by atoms with Gasteiger partial charge in [-0.3, -0.25) is 4.79 Å². The number of hydrazone groups is 1. The Kier molecular flexibility index (Phi) is 9.78. The van der Waals surface area contributed by atoms with Crippen molar-refractivity contribution in [2.24, 2.45) is 5.10 Å². The lowest BCUT2D eigenvalue weighted by Gasteiger charge is -2.13. The lowest BCUT2D eigenvalue weighted by molar-refractivity contribution is 0.0954. The predicted molar refractivity (Wildman–Crippen MR) is 153 cm³/mol. The maximum absolute atomic E-state index is 12.7. The minimum absolute atomic E-state index is 0.364. The molecule has 194 valence electrons. The molecule has 0 saturated heterocycles. The van der Waals surface area contributed by atoms with Crippen LogP contribution in [-0.2, 0) is 13.2 Å². The van der Waals surface area contributed by atoms with E-state index < -0.39 is 0 Å². The molecule has 0 radical (unpaired) electrons. The number of amides is 1. The van der Waals surface area contributed by atoms with Crippen LogP contribution in [0.1, 0.15) is 34.0 Å². The molecule has 4 aromatic rings. The van der Waals surface area contributed by atoms with Crippen molar-refractivity contribution in [3.05, 3.63) is 123 Å². The Morgan fingerprint density at radius 3 is 2.34 bits per heavy atom. The first kappa shape index (κ1) is 27.2. The van der Waals surface area contributed by atoms with E-state index in [1.807, 2.05) is 79.7 Å². The summed E-state index contributed by atoms with van der Waals surface area (Å²) in [5.41, 5.74) is 5.76. The van der Waals surface area contributed by atoms with Gasteiger partial charge in [0.05, 0.1) is 17.3 Å². The molecule has 38 heavy (non-hydrogen) atoms. The monoisotopic (exact) mass is 592 g/mol. The quantitative estimate of drug-likeness (QED) is 0.145. The Morgan fingerprint density at radius 1 is 0.842 bits per heavy atom. The summed E-state index contributed by atoms with van der Waals surface area (Å²) in [4.78, 5) is 12.7. The molecule has 0 atom stereocenters. The highest BCUT2D eigenvalue weighted by Crippen LogP contribution is 2.30. The molecule has 4 aromatic carbocycles. The highest BCUT2D eigenvalue weighted by atomic mass is 79.9.